The quantitative estimate of drug-likeness (QED) is 0.331. The number of benzene rings is 2. The van der Waals surface area contributed by atoms with Crippen LogP contribution in [0.1, 0.15) is 23.2 Å². The molecule has 1 aliphatic rings. The molecular formula is C29H26N5NaO4. The molecule has 39 heavy (non-hydrogen) atoms. The first kappa shape index (κ1) is 26.8. The van der Waals surface area contributed by atoms with Gasteiger partial charge in [0.15, 0.2) is 5.65 Å². The molecule has 0 amide bonds. The molecule has 2 aromatic carbocycles. The minimum Gasteiger partial charge on any atom is -1.00 e. The number of hydrogen-bond donors (Lipinski definition) is 1. The number of fused-ring (bicyclic) bond motifs is 2. The number of aromatic carboxylic acids is 1. The molecule has 1 saturated heterocycles. The van der Waals surface area contributed by atoms with E-state index >= 15 is 0 Å². The number of ether oxygens (including phenoxy) is 2. The fourth-order valence-electron chi connectivity index (χ4n) is 4.77. The summed E-state index contributed by atoms with van der Waals surface area (Å²) in [4.78, 5) is 23.5. The molecule has 0 atom stereocenters. The van der Waals surface area contributed by atoms with Crippen LogP contribution in [-0.4, -0.2) is 64.1 Å². The number of carbonyl (C=O) groups is 1. The number of anilines is 1. The van der Waals surface area contributed by atoms with Crippen molar-refractivity contribution in [2.24, 2.45) is 0 Å². The molecule has 5 aromatic rings. The fraction of sp³-hybridized carbons (Fsp3) is 0.172. The maximum Gasteiger partial charge on any atom is 1.00 e. The Labute approximate surface area is 248 Å². The van der Waals surface area contributed by atoms with Crippen LogP contribution in [0, 0.1) is 0 Å². The first-order valence-electron chi connectivity index (χ1n) is 12.3. The molecule has 0 bridgehead atoms. The van der Waals surface area contributed by atoms with Crippen molar-refractivity contribution in [2.75, 3.05) is 38.3 Å². The molecule has 0 spiro atoms. The van der Waals surface area contributed by atoms with Crippen molar-refractivity contribution < 1.29 is 50.4 Å². The third-order valence-corrected chi connectivity index (χ3v) is 6.62. The third kappa shape index (κ3) is 5.26. The van der Waals surface area contributed by atoms with Crippen molar-refractivity contribution >= 4 is 40.4 Å². The van der Waals surface area contributed by atoms with Crippen molar-refractivity contribution in [3.05, 3.63) is 83.8 Å². The predicted molar refractivity (Wildman–Crippen MR) is 147 cm³/mol. The Morgan fingerprint density at radius 2 is 1.87 bits per heavy atom. The van der Waals surface area contributed by atoms with Gasteiger partial charge in [0.2, 0.25) is 0 Å². The van der Waals surface area contributed by atoms with Gasteiger partial charge in [-0.1, -0.05) is 18.2 Å². The SMILES string of the molecule is COc1cccc(-c2c(C=Cc3ccc4c(C(=O)O)cccc4n3)nc3c(N4CCOCC4)ccnn23)c1.[H-].[Na+]. The van der Waals surface area contributed by atoms with E-state index < -0.39 is 5.97 Å². The van der Waals surface area contributed by atoms with Gasteiger partial charge in [-0.15, -0.1) is 0 Å². The van der Waals surface area contributed by atoms with Crippen molar-refractivity contribution in [2.45, 2.75) is 0 Å². The van der Waals surface area contributed by atoms with Crippen LogP contribution in [-0.2, 0) is 4.74 Å². The van der Waals surface area contributed by atoms with Gasteiger partial charge < -0.3 is 20.9 Å². The van der Waals surface area contributed by atoms with Crippen molar-refractivity contribution in [3.8, 4) is 17.0 Å². The number of nitrogens with zero attached hydrogens (tertiary/aromatic N) is 5. The Balaban J connectivity index is 0.00000185. The van der Waals surface area contributed by atoms with Crippen LogP contribution < -0.4 is 39.2 Å². The van der Waals surface area contributed by atoms with Crippen LogP contribution in [0.2, 0.25) is 0 Å². The maximum atomic E-state index is 11.6. The smallest absolute Gasteiger partial charge is 1.00 e. The van der Waals surface area contributed by atoms with E-state index in [1.807, 2.05) is 59.1 Å². The summed E-state index contributed by atoms with van der Waals surface area (Å²) >= 11 is 0. The topological polar surface area (TPSA) is 102 Å². The standard InChI is InChI=1S/C29H25N5O4.Na.H/c1-37-21-5-2-4-19(18-21)27-25(32-28-26(12-13-30-34(27)28)33-14-16-38-17-15-33)11-9-20-8-10-22-23(29(35)36)6-3-7-24(22)31-20;;/h2-13,18H,14-17H2,1H3,(H,35,36);;/q;+1;-1. The summed E-state index contributed by atoms with van der Waals surface area (Å²) in [7, 11) is 1.64. The Kier molecular flexibility index (Phi) is 7.94. The van der Waals surface area contributed by atoms with Gasteiger partial charge in [-0.2, -0.15) is 5.10 Å². The van der Waals surface area contributed by atoms with Crippen LogP contribution in [0.5, 0.6) is 5.75 Å². The zero-order chi connectivity index (χ0) is 26.1. The Morgan fingerprint density at radius 1 is 1.05 bits per heavy atom. The molecule has 1 N–H and O–H groups in total. The summed E-state index contributed by atoms with van der Waals surface area (Å²) < 4.78 is 12.9. The van der Waals surface area contributed by atoms with Gasteiger partial charge in [0, 0.05) is 24.0 Å². The largest absolute Gasteiger partial charge is 1.00 e. The van der Waals surface area contributed by atoms with Crippen LogP contribution in [0.4, 0.5) is 5.69 Å². The first-order valence-corrected chi connectivity index (χ1v) is 12.3. The fourth-order valence-corrected chi connectivity index (χ4v) is 4.77. The van der Waals surface area contributed by atoms with E-state index in [1.165, 1.54) is 0 Å². The molecule has 10 heteroatoms. The monoisotopic (exact) mass is 531 g/mol. The molecule has 1 fully saturated rings. The number of carboxylic acids is 1. The van der Waals surface area contributed by atoms with E-state index in [0.717, 1.165) is 47.1 Å². The second kappa shape index (κ2) is 11.5. The van der Waals surface area contributed by atoms with E-state index in [2.05, 4.69) is 15.0 Å². The Morgan fingerprint density at radius 3 is 2.67 bits per heavy atom. The Hall–Kier alpha value is -3.76. The molecular weight excluding hydrogens is 505 g/mol. The molecule has 0 saturated carbocycles. The minimum absolute atomic E-state index is 0. The van der Waals surface area contributed by atoms with Crippen LogP contribution in [0.25, 0.3) is 40.0 Å². The number of aromatic nitrogens is 4. The van der Waals surface area contributed by atoms with Crippen molar-refractivity contribution in [3.63, 3.8) is 0 Å². The van der Waals surface area contributed by atoms with Gasteiger partial charge >= 0.3 is 35.5 Å². The van der Waals surface area contributed by atoms with Crippen molar-refractivity contribution in [1.29, 1.82) is 0 Å². The summed E-state index contributed by atoms with van der Waals surface area (Å²) in [5.74, 6) is -0.237. The normalized spacial score (nSPS) is 13.6. The second-order valence-corrected chi connectivity index (χ2v) is 8.88. The molecule has 0 radical (unpaired) electrons. The molecule has 3 aromatic heterocycles. The van der Waals surface area contributed by atoms with Crippen molar-refractivity contribution in [1.82, 2.24) is 19.6 Å². The molecule has 192 valence electrons. The maximum absolute atomic E-state index is 11.6. The molecule has 0 unspecified atom stereocenters. The van der Waals surface area contributed by atoms with Crippen LogP contribution >= 0.6 is 0 Å². The predicted octanol–water partition coefficient (Wildman–Crippen LogP) is 1.77. The molecule has 1 aliphatic heterocycles. The van der Waals surface area contributed by atoms with Crippen LogP contribution in [0.3, 0.4) is 0 Å². The average molecular weight is 532 g/mol. The zero-order valence-corrected chi connectivity index (χ0v) is 23.7. The third-order valence-electron chi connectivity index (χ3n) is 6.62. The number of rotatable bonds is 6. The van der Waals surface area contributed by atoms with E-state index in [4.69, 9.17) is 14.5 Å². The average Bonchev–Trinajstić information content (AvgIpc) is 3.34. The van der Waals surface area contributed by atoms with E-state index in [-0.39, 0.29) is 36.5 Å². The second-order valence-electron chi connectivity index (χ2n) is 8.88. The summed E-state index contributed by atoms with van der Waals surface area (Å²) in [6, 6.07) is 18.5. The van der Waals surface area contributed by atoms with Gasteiger partial charge in [-0.3, -0.25) is 0 Å². The number of pyridine rings is 1. The van der Waals surface area contributed by atoms with Gasteiger partial charge in [-0.05, 0) is 54.6 Å². The summed E-state index contributed by atoms with van der Waals surface area (Å²) in [5, 5.41) is 14.7. The van der Waals surface area contributed by atoms with Gasteiger partial charge in [0.25, 0.3) is 0 Å². The minimum atomic E-state index is -0.975. The molecule has 0 aliphatic carbocycles. The number of morpholine rings is 1. The van der Waals surface area contributed by atoms with E-state index in [0.29, 0.717) is 29.8 Å². The van der Waals surface area contributed by atoms with E-state index in [1.54, 1.807) is 31.5 Å². The molecule has 9 nitrogen and oxygen atoms in total. The molecule has 4 heterocycles. The number of hydrogen-bond acceptors (Lipinski definition) is 7. The first-order chi connectivity index (χ1) is 18.6. The number of methoxy groups -OCH3 is 1. The van der Waals surface area contributed by atoms with Gasteiger partial charge in [0.05, 0.1) is 54.7 Å². The van der Waals surface area contributed by atoms with Gasteiger partial charge in [-0.25, -0.2) is 19.3 Å². The number of carboxylic acid groups (broad SMARTS) is 1. The summed E-state index contributed by atoms with van der Waals surface area (Å²) in [6.07, 6.45) is 5.59. The summed E-state index contributed by atoms with van der Waals surface area (Å²) in [5.41, 5.74) is 5.77. The Bertz CT molecular complexity index is 1700. The van der Waals surface area contributed by atoms with Crippen LogP contribution in [0.15, 0.2) is 66.9 Å². The molecule has 6 rings (SSSR count). The number of imidazole rings is 1. The summed E-state index contributed by atoms with van der Waals surface area (Å²) in [6.45, 7) is 2.90. The zero-order valence-electron chi connectivity index (χ0n) is 22.7. The van der Waals surface area contributed by atoms with Gasteiger partial charge in [0.1, 0.15) is 11.4 Å². The van der Waals surface area contributed by atoms with E-state index in [9.17, 15) is 9.90 Å².